The highest BCUT2D eigenvalue weighted by atomic mass is 35.5. The molecule has 1 fully saturated rings. The maximum atomic E-state index is 13.0. The van der Waals surface area contributed by atoms with E-state index in [0.717, 1.165) is 17.7 Å². The van der Waals surface area contributed by atoms with Gasteiger partial charge in [-0.2, -0.15) is 0 Å². The van der Waals surface area contributed by atoms with E-state index in [1.165, 1.54) is 18.2 Å². The quantitative estimate of drug-likeness (QED) is 0.402. The number of carbonyl (C=O) groups is 3. The minimum atomic E-state index is -0.829. The topological polar surface area (TPSA) is 75.7 Å². The van der Waals surface area contributed by atoms with Gasteiger partial charge in [-0.1, -0.05) is 36.5 Å². The summed E-state index contributed by atoms with van der Waals surface area (Å²) in [7, 11) is 0. The summed E-state index contributed by atoms with van der Waals surface area (Å²) in [5, 5.41) is 3.06. The summed E-state index contributed by atoms with van der Waals surface area (Å²) in [6, 6.07) is 10.2. The lowest BCUT2D eigenvalue weighted by Gasteiger charge is -2.26. The van der Waals surface area contributed by atoms with Crippen LogP contribution in [0.15, 0.2) is 48.0 Å². The molecule has 0 aliphatic carbocycles. The number of urea groups is 1. The van der Waals surface area contributed by atoms with Crippen LogP contribution in [0.4, 0.5) is 10.5 Å². The molecule has 0 atom stereocenters. The third-order valence-corrected chi connectivity index (χ3v) is 4.70. The maximum absolute atomic E-state index is 13.0. The van der Waals surface area contributed by atoms with Crippen LogP contribution in [-0.4, -0.2) is 24.5 Å². The fraction of sp³-hybridized carbons (Fsp3) is 0.190. The number of halogens is 2. The number of ether oxygens (including phenoxy) is 1. The first-order chi connectivity index (χ1) is 13.9. The number of imide groups is 2. The normalized spacial score (nSPS) is 15.6. The van der Waals surface area contributed by atoms with Gasteiger partial charge in [0.25, 0.3) is 11.8 Å². The molecule has 0 saturated carbocycles. The Balaban J connectivity index is 1.98. The van der Waals surface area contributed by atoms with Crippen LogP contribution in [0.25, 0.3) is 6.08 Å². The van der Waals surface area contributed by atoms with Crippen molar-refractivity contribution in [3.05, 3.63) is 63.6 Å². The average Bonchev–Trinajstić information content (AvgIpc) is 2.68. The van der Waals surface area contributed by atoms with Crippen molar-refractivity contribution in [2.24, 2.45) is 0 Å². The van der Waals surface area contributed by atoms with Crippen molar-refractivity contribution in [2.45, 2.75) is 19.8 Å². The first kappa shape index (κ1) is 20.9. The van der Waals surface area contributed by atoms with E-state index in [1.54, 1.807) is 30.3 Å². The number of nitrogens with one attached hydrogen (secondary N) is 1. The Morgan fingerprint density at radius 3 is 2.41 bits per heavy atom. The van der Waals surface area contributed by atoms with E-state index in [-0.39, 0.29) is 5.57 Å². The molecule has 8 heteroatoms. The number of barbiturate groups is 1. The van der Waals surface area contributed by atoms with Crippen LogP contribution in [0.2, 0.25) is 10.0 Å². The summed E-state index contributed by atoms with van der Waals surface area (Å²) in [5.41, 5.74) is 0.556. The van der Waals surface area contributed by atoms with Gasteiger partial charge in [0, 0.05) is 15.6 Å². The minimum Gasteiger partial charge on any atom is -0.493 e. The molecule has 2 aromatic carbocycles. The second-order valence-corrected chi connectivity index (χ2v) is 7.19. The van der Waals surface area contributed by atoms with Gasteiger partial charge in [-0.05, 0) is 55.0 Å². The number of rotatable bonds is 6. The van der Waals surface area contributed by atoms with Crippen molar-refractivity contribution in [1.82, 2.24) is 5.32 Å². The summed E-state index contributed by atoms with van der Waals surface area (Å²) < 4.78 is 5.75. The van der Waals surface area contributed by atoms with Gasteiger partial charge in [0.05, 0.1) is 12.3 Å². The van der Waals surface area contributed by atoms with E-state index in [9.17, 15) is 14.4 Å². The van der Waals surface area contributed by atoms with Crippen LogP contribution in [0.5, 0.6) is 5.75 Å². The fourth-order valence-electron chi connectivity index (χ4n) is 2.73. The lowest BCUT2D eigenvalue weighted by Crippen LogP contribution is -2.54. The van der Waals surface area contributed by atoms with E-state index in [1.807, 2.05) is 6.92 Å². The molecule has 29 heavy (non-hydrogen) atoms. The molecule has 2 aromatic rings. The molecule has 3 rings (SSSR count). The molecule has 0 bridgehead atoms. The number of hydrogen-bond donors (Lipinski definition) is 1. The Bertz CT molecular complexity index is 987. The van der Waals surface area contributed by atoms with Crippen molar-refractivity contribution < 1.29 is 19.1 Å². The Hall–Kier alpha value is -2.83. The molecule has 0 radical (unpaired) electrons. The van der Waals surface area contributed by atoms with E-state index >= 15 is 0 Å². The molecule has 0 aromatic heterocycles. The molecular weight excluding hydrogens is 415 g/mol. The maximum Gasteiger partial charge on any atom is 0.335 e. The van der Waals surface area contributed by atoms with Crippen molar-refractivity contribution in [2.75, 3.05) is 11.5 Å². The van der Waals surface area contributed by atoms with Gasteiger partial charge in [-0.3, -0.25) is 14.9 Å². The number of hydrogen-bond acceptors (Lipinski definition) is 4. The standard InChI is InChI=1S/C21H18Cl2N2O4/c1-2-3-10-29-18-9-6-15(23)11-13(18)12-17-19(26)24-21(28)25(20(17)27)16-7-4-14(22)5-8-16/h4-9,11-12H,2-3,10H2,1H3,(H,24,26,28). The van der Waals surface area contributed by atoms with Crippen LogP contribution in [0.1, 0.15) is 25.3 Å². The Kier molecular flexibility index (Phi) is 6.56. The molecule has 1 heterocycles. The number of amides is 4. The molecule has 6 nitrogen and oxygen atoms in total. The third kappa shape index (κ3) is 4.78. The summed E-state index contributed by atoms with van der Waals surface area (Å²) in [6.07, 6.45) is 3.19. The minimum absolute atomic E-state index is 0.206. The first-order valence-electron chi connectivity index (χ1n) is 9.00. The first-order valence-corrected chi connectivity index (χ1v) is 9.75. The Morgan fingerprint density at radius 2 is 1.72 bits per heavy atom. The monoisotopic (exact) mass is 432 g/mol. The van der Waals surface area contributed by atoms with E-state index < -0.39 is 17.8 Å². The number of unbranched alkanes of at least 4 members (excludes halogenated alkanes) is 1. The SMILES string of the molecule is CCCCOc1ccc(Cl)cc1C=C1C(=O)NC(=O)N(c2ccc(Cl)cc2)C1=O. The van der Waals surface area contributed by atoms with Crippen LogP contribution in [0, 0.1) is 0 Å². The largest absolute Gasteiger partial charge is 0.493 e. The lowest BCUT2D eigenvalue weighted by molar-refractivity contribution is -0.122. The molecule has 1 aliphatic heterocycles. The summed E-state index contributed by atoms with van der Waals surface area (Å²) >= 11 is 12.0. The van der Waals surface area contributed by atoms with Gasteiger partial charge >= 0.3 is 6.03 Å². The Labute approximate surface area is 178 Å². The van der Waals surface area contributed by atoms with Crippen molar-refractivity contribution in [1.29, 1.82) is 0 Å². The molecule has 150 valence electrons. The zero-order chi connectivity index (χ0) is 21.0. The number of nitrogens with zero attached hydrogens (tertiary/aromatic N) is 1. The number of anilines is 1. The smallest absolute Gasteiger partial charge is 0.335 e. The molecule has 1 N–H and O–H groups in total. The van der Waals surface area contributed by atoms with Gasteiger partial charge in [-0.25, -0.2) is 9.69 Å². The average molecular weight is 433 g/mol. The highest BCUT2D eigenvalue weighted by molar-refractivity contribution is 6.39. The summed E-state index contributed by atoms with van der Waals surface area (Å²) in [4.78, 5) is 38.5. The zero-order valence-corrected chi connectivity index (χ0v) is 17.1. The van der Waals surface area contributed by atoms with Crippen molar-refractivity contribution >= 4 is 52.8 Å². The highest BCUT2D eigenvalue weighted by Gasteiger charge is 2.37. The van der Waals surface area contributed by atoms with E-state index in [2.05, 4.69) is 5.32 Å². The second-order valence-electron chi connectivity index (χ2n) is 6.32. The molecule has 0 spiro atoms. The van der Waals surface area contributed by atoms with E-state index in [4.69, 9.17) is 27.9 Å². The number of benzene rings is 2. The van der Waals surface area contributed by atoms with Crippen LogP contribution in [0.3, 0.4) is 0 Å². The van der Waals surface area contributed by atoms with E-state index in [0.29, 0.717) is 33.7 Å². The van der Waals surface area contributed by atoms with Crippen LogP contribution in [-0.2, 0) is 9.59 Å². The fourth-order valence-corrected chi connectivity index (χ4v) is 3.03. The summed E-state index contributed by atoms with van der Waals surface area (Å²) in [5.74, 6) is -1.05. The predicted molar refractivity (Wildman–Crippen MR) is 112 cm³/mol. The Morgan fingerprint density at radius 1 is 1.03 bits per heavy atom. The van der Waals surface area contributed by atoms with Gasteiger partial charge in [-0.15, -0.1) is 0 Å². The van der Waals surface area contributed by atoms with Crippen molar-refractivity contribution in [3.8, 4) is 5.75 Å². The molecular formula is C21H18Cl2N2O4. The molecule has 4 amide bonds. The van der Waals surface area contributed by atoms with Crippen LogP contribution >= 0.6 is 23.2 Å². The molecule has 1 aliphatic rings. The lowest BCUT2D eigenvalue weighted by atomic mass is 10.1. The van der Waals surface area contributed by atoms with Crippen molar-refractivity contribution in [3.63, 3.8) is 0 Å². The molecule has 1 saturated heterocycles. The summed E-state index contributed by atoms with van der Waals surface area (Å²) in [6.45, 7) is 2.53. The highest BCUT2D eigenvalue weighted by Crippen LogP contribution is 2.28. The zero-order valence-electron chi connectivity index (χ0n) is 15.6. The van der Waals surface area contributed by atoms with Gasteiger partial charge in [0.15, 0.2) is 0 Å². The van der Waals surface area contributed by atoms with Crippen LogP contribution < -0.4 is 15.0 Å². The molecule has 0 unspecified atom stereocenters. The second kappa shape index (κ2) is 9.11. The van der Waals surface area contributed by atoms with Gasteiger partial charge in [0.1, 0.15) is 11.3 Å². The van der Waals surface area contributed by atoms with Gasteiger partial charge < -0.3 is 4.74 Å². The predicted octanol–water partition coefficient (Wildman–Crippen LogP) is 4.84. The number of carbonyl (C=O) groups excluding carboxylic acids is 3. The third-order valence-electron chi connectivity index (χ3n) is 4.21. The van der Waals surface area contributed by atoms with Gasteiger partial charge in [0.2, 0.25) is 0 Å².